The molecule has 0 bridgehead atoms. The van der Waals surface area contributed by atoms with Gasteiger partial charge < -0.3 is 19.5 Å². The molecule has 2 saturated heterocycles. The van der Waals surface area contributed by atoms with Crippen molar-refractivity contribution < 1.29 is 37.3 Å². The molecule has 0 aliphatic carbocycles. The number of carboxylic acids is 1. The molecule has 1 unspecified atom stereocenters. The number of hydrogen-bond acceptors (Lipinski definition) is 6. The van der Waals surface area contributed by atoms with E-state index in [9.17, 15) is 18.0 Å². The molecule has 2 fully saturated rings. The van der Waals surface area contributed by atoms with E-state index in [4.69, 9.17) is 19.4 Å². The van der Waals surface area contributed by atoms with Crippen LogP contribution < -0.4 is 0 Å². The summed E-state index contributed by atoms with van der Waals surface area (Å²) in [7, 11) is 0. The number of amides is 1. The summed E-state index contributed by atoms with van der Waals surface area (Å²) >= 11 is 1.73. The molecule has 28 heavy (non-hydrogen) atoms. The number of alkyl halides is 3. The van der Waals surface area contributed by atoms with Crippen molar-refractivity contribution in [1.82, 2.24) is 9.80 Å². The Morgan fingerprint density at radius 2 is 2.00 bits per heavy atom. The molecule has 2 aliphatic rings. The molecule has 1 aromatic heterocycles. The van der Waals surface area contributed by atoms with Gasteiger partial charge >= 0.3 is 12.1 Å². The van der Waals surface area contributed by atoms with Crippen LogP contribution in [0.2, 0.25) is 0 Å². The molecule has 2 aliphatic heterocycles. The zero-order valence-corrected chi connectivity index (χ0v) is 16.2. The van der Waals surface area contributed by atoms with E-state index in [0.29, 0.717) is 32.9 Å². The molecular weight excluding hydrogens is 401 g/mol. The maximum atomic E-state index is 11.7. The summed E-state index contributed by atoms with van der Waals surface area (Å²) in [6.45, 7) is 7.43. The molecule has 0 saturated carbocycles. The lowest BCUT2D eigenvalue weighted by Gasteiger charge is -2.43. The molecule has 0 aromatic carbocycles. The largest absolute Gasteiger partial charge is 0.490 e. The van der Waals surface area contributed by atoms with Crippen LogP contribution in [0, 0.1) is 0 Å². The number of hydrogen-bond donors (Lipinski definition) is 1. The van der Waals surface area contributed by atoms with Gasteiger partial charge in [-0.1, -0.05) is 0 Å². The molecule has 1 atom stereocenters. The van der Waals surface area contributed by atoms with Gasteiger partial charge in [-0.2, -0.15) is 24.5 Å². The first-order valence-electron chi connectivity index (χ1n) is 8.62. The highest BCUT2D eigenvalue weighted by molar-refractivity contribution is 7.07. The van der Waals surface area contributed by atoms with Crippen molar-refractivity contribution in [3.8, 4) is 0 Å². The topological polar surface area (TPSA) is 79.3 Å². The Bertz CT molecular complexity index is 656. The van der Waals surface area contributed by atoms with Crippen LogP contribution in [-0.2, 0) is 25.6 Å². The van der Waals surface area contributed by atoms with Gasteiger partial charge in [-0.3, -0.25) is 9.69 Å². The summed E-state index contributed by atoms with van der Waals surface area (Å²) in [6.07, 6.45) is -5.08. The monoisotopic (exact) mass is 424 g/mol. The average molecular weight is 424 g/mol. The molecule has 1 spiro atoms. The number of thiophene rings is 1. The summed E-state index contributed by atoms with van der Waals surface area (Å²) < 4.78 is 43.5. The van der Waals surface area contributed by atoms with Crippen LogP contribution >= 0.6 is 11.3 Å². The number of morpholine rings is 1. The molecule has 11 heteroatoms. The summed E-state index contributed by atoms with van der Waals surface area (Å²) in [5.74, 6) is -2.66. The normalized spacial score (nSPS) is 23.6. The number of carboxylic acid groups (broad SMARTS) is 1. The van der Waals surface area contributed by atoms with Crippen LogP contribution in [0.15, 0.2) is 16.8 Å². The maximum Gasteiger partial charge on any atom is 0.490 e. The molecule has 7 nitrogen and oxygen atoms in total. The second-order valence-corrected chi connectivity index (χ2v) is 7.45. The van der Waals surface area contributed by atoms with Gasteiger partial charge in [-0.15, -0.1) is 0 Å². The highest BCUT2D eigenvalue weighted by Gasteiger charge is 2.41. The van der Waals surface area contributed by atoms with Crippen molar-refractivity contribution in [3.05, 3.63) is 22.4 Å². The van der Waals surface area contributed by atoms with E-state index < -0.39 is 12.1 Å². The van der Waals surface area contributed by atoms with Crippen LogP contribution in [0.25, 0.3) is 0 Å². The SMILES string of the molecule is CC(=O)N1CCOCC2(CN(Cc3ccsc3)CCO2)C1.O=C(O)C(F)(F)F. The Labute approximate surface area is 164 Å². The van der Waals surface area contributed by atoms with E-state index >= 15 is 0 Å². The number of nitrogens with zero attached hydrogens (tertiary/aromatic N) is 2. The lowest BCUT2D eigenvalue weighted by Crippen LogP contribution is -2.58. The van der Waals surface area contributed by atoms with Crippen molar-refractivity contribution in [2.75, 3.05) is 46.0 Å². The average Bonchev–Trinajstić information content (AvgIpc) is 3.02. The fourth-order valence-corrected chi connectivity index (χ4v) is 3.72. The smallest absolute Gasteiger partial charge is 0.475 e. The van der Waals surface area contributed by atoms with Gasteiger partial charge in [0.15, 0.2) is 0 Å². The number of rotatable bonds is 2. The van der Waals surface area contributed by atoms with Gasteiger partial charge in [0.1, 0.15) is 5.60 Å². The molecule has 0 radical (unpaired) electrons. The lowest BCUT2D eigenvalue weighted by atomic mass is 10.0. The molecule has 158 valence electrons. The summed E-state index contributed by atoms with van der Waals surface area (Å²) in [6, 6.07) is 2.16. The Hall–Kier alpha value is -1.69. The maximum absolute atomic E-state index is 11.7. The predicted octanol–water partition coefficient (Wildman–Crippen LogP) is 1.83. The highest BCUT2D eigenvalue weighted by atomic mass is 32.1. The van der Waals surface area contributed by atoms with Gasteiger partial charge in [0.25, 0.3) is 0 Å². The molecule has 1 N–H and O–H groups in total. The highest BCUT2D eigenvalue weighted by Crippen LogP contribution is 2.24. The Morgan fingerprint density at radius 3 is 2.57 bits per heavy atom. The first-order valence-corrected chi connectivity index (χ1v) is 9.56. The first-order chi connectivity index (χ1) is 13.1. The number of carbonyl (C=O) groups excluding carboxylic acids is 1. The second-order valence-electron chi connectivity index (χ2n) is 6.67. The molecule has 1 aromatic rings. The Morgan fingerprint density at radius 1 is 1.29 bits per heavy atom. The zero-order valence-electron chi connectivity index (χ0n) is 15.4. The third kappa shape index (κ3) is 6.73. The van der Waals surface area contributed by atoms with Crippen LogP contribution in [0.1, 0.15) is 12.5 Å². The summed E-state index contributed by atoms with van der Waals surface area (Å²) in [5.41, 5.74) is 0.964. The molecular formula is C17H23F3N2O5S. The number of halogens is 3. The van der Waals surface area contributed by atoms with Crippen molar-refractivity contribution in [1.29, 1.82) is 0 Å². The fraction of sp³-hybridized carbons (Fsp3) is 0.647. The second kappa shape index (κ2) is 9.68. The minimum atomic E-state index is -5.08. The van der Waals surface area contributed by atoms with Crippen molar-refractivity contribution in [2.45, 2.75) is 25.2 Å². The van der Waals surface area contributed by atoms with Gasteiger partial charge in [0.05, 0.1) is 26.4 Å². The third-order valence-corrected chi connectivity index (χ3v) is 5.08. The van der Waals surface area contributed by atoms with Gasteiger partial charge in [-0.05, 0) is 22.4 Å². The summed E-state index contributed by atoms with van der Waals surface area (Å²) in [5, 5.41) is 11.4. The van der Waals surface area contributed by atoms with Crippen molar-refractivity contribution in [2.24, 2.45) is 0 Å². The zero-order chi connectivity index (χ0) is 20.8. The number of carbonyl (C=O) groups is 2. The van der Waals surface area contributed by atoms with Gasteiger partial charge in [-0.25, -0.2) is 4.79 Å². The van der Waals surface area contributed by atoms with Crippen LogP contribution in [-0.4, -0.2) is 84.6 Å². The van der Waals surface area contributed by atoms with E-state index in [-0.39, 0.29) is 11.5 Å². The Balaban J connectivity index is 0.000000345. The molecule has 3 rings (SSSR count). The van der Waals surface area contributed by atoms with E-state index in [1.807, 2.05) is 4.90 Å². The van der Waals surface area contributed by atoms with Gasteiger partial charge in [0, 0.05) is 33.1 Å². The van der Waals surface area contributed by atoms with E-state index in [0.717, 1.165) is 19.6 Å². The van der Waals surface area contributed by atoms with Crippen LogP contribution in [0.4, 0.5) is 13.2 Å². The molecule has 3 heterocycles. The first kappa shape index (κ1) is 22.6. The standard InChI is InChI=1S/C15H22N2O3S.C2HF3O2/c1-13(18)17-4-5-19-12-15(11-17)10-16(3-6-20-15)8-14-2-7-21-9-14;3-2(4,5)1(6)7/h2,7,9H,3-6,8,10-12H2,1H3;(H,6,7). The minimum Gasteiger partial charge on any atom is -0.475 e. The number of ether oxygens (including phenoxy) is 2. The third-order valence-electron chi connectivity index (χ3n) is 4.35. The lowest BCUT2D eigenvalue weighted by molar-refractivity contribution is -0.192. The minimum absolute atomic E-state index is 0.0958. The van der Waals surface area contributed by atoms with E-state index in [2.05, 4.69) is 21.7 Å². The Kier molecular flexibility index (Phi) is 7.81. The summed E-state index contributed by atoms with van der Waals surface area (Å²) in [4.78, 5) is 24.9. The van der Waals surface area contributed by atoms with E-state index in [1.54, 1.807) is 18.3 Å². The van der Waals surface area contributed by atoms with Gasteiger partial charge in [0.2, 0.25) is 5.91 Å². The molecule has 1 amide bonds. The predicted molar refractivity (Wildman–Crippen MR) is 95.0 cm³/mol. The van der Waals surface area contributed by atoms with Crippen molar-refractivity contribution >= 4 is 23.2 Å². The van der Waals surface area contributed by atoms with E-state index in [1.165, 1.54) is 5.56 Å². The van der Waals surface area contributed by atoms with Crippen LogP contribution in [0.5, 0.6) is 0 Å². The number of aliphatic carboxylic acids is 1. The fourth-order valence-electron chi connectivity index (χ4n) is 3.06. The van der Waals surface area contributed by atoms with Crippen LogP contribution in [0.3, 0.4) is 0 Å². The quantitative estimate of drug-likeness (QED) is 0.781. The van der Waals surface area contributed by atoms with Crippen molar-refractivity contribution in [3.63, 3.8) is 0 Å².